The van der Waals surface area contributed by atoms with Gasteiger partial charge in [0.2, 0.25) is 5.91 Å². The molecule has 156 valence electrons. The fourth-order valence-corrected chi connectivity index (χ4v) is 3.63. The molecule has 2 amide bonds. The summed E-state index contributed by atoms with van der Waals surface area (Å²) in [7, 11) is 1.59. The van der Waals surface area contributed by atoms with Crippen molar-refractivity contribution < 1.29 is 14.3 Å². The molecule has 3 aromatic rings. The van der Waals surface area contributed by atoms with E-state index in [1.165, 1.54) is 4.88 Å². The van der Waals surface area contributed by atoms with Crippen LogP contribution in [0.4, 0.5) is 11.4 Å². The van der Waals surface area contributed by atoms with Gasteiger partial charge in [0.25, 0.3) is 5.91 Å². The van der Waals surface area contributed by atoms with Crippen LogP contribution in [-0.4, -0.2) is 36.9 Å². The minimum Gasteiger partial charge on any atom is -0.497 e. The highest BCUT2D eigenvalue weighted by Gasteiger charge is 2.11. The number of benzene rings is 2. The predicted octanol–water partition coefficient (Wildman–Crippen LogP) is 4.47. The van der Waals surface area contributed by atoms with E-state index >= 15 is 0 Å². The first-order valence-corrected chi connectivity index (χ1v) is 10.6. The van der Waals surface area contributed by atoms with Gasteiger partial charge in [0.15, 0.2) is 0 Å². The zero-order valence-electron chi connectivity index (χ0n) is 17.1. The Bertz CT molecular complexity index is 954. The topological polar surface area (TPSA) is 70.7 Å². The minimum atomic E-state index is -0.217. The van der Waals surface area contributed by atoms with Crippen LogP contribution in [0.15, 0.2) is 66.0 Å². The molecule has 0 aliphatic rings. The summed E-state index contributed by atoms with van der Waals surface area (Å²) in [5.41, 5.74) is 1.86. The van der Waals surface area contributed by atoms with E-state index in [-0.39, 0.29) is 11.8 Å². The van der Waals surface area contributed by atoms with Gasteiger partial charge in [-0.05, 0) is 66.5 Å². The molecule has 3 rings (SSSR count). The number of carbonyl (C=O) groups excluding carboxylic acids is 2. The molecule has 0 aliphatic carbocycles. The molecule has 7 heteroatoms. The summed E-state index contributed by atoms with van der Waals surface area (Å²) in [6.45, 7) is 3.90. The Morgan fingerprint density at radius 2 is 1.63 bits per heavy atom. The van der Waals surface area contributed by atoms with Crippen LogP contribution in [0.25, 0.3) is 0 Å². The van der Waals surface area contributed by atoms with Crippen LogP contribution in [0.2, 0.25) is 0 Å². The molecular formula is C23H25N3O3S. The third kappa shape index (κ3) is 6.17. The quantitative estimate of drug-likeness (QED) is 0.533. The van der Waals surface area contributed by atoms with Gasteiger partial charge in [0.1, 0.15) is 5.75 Å². The van der Waals surface area contributed by atoms with Crippen LogP contribution in [0.5, 0.6) is 5.75 Å². The van der Waals surface area contributed by atoms with Gasteiger partial charge < -0.3 is 15.4 Å². The SMILES string of the molecule is CCN(CC(=O)Nc1ccc(C(=O)Nc2ccc(OC)cc2)cc1)Cc1cccs1. The number of likely N-dealkylation sites (N-methyl/N-ethyl adjacent to an activating group) is 1. The van der Waals surface area contributed by atoms with Gasteiger partial charge >= 0.3 is 0 Å². The summed E-state index contributed by atoms with van der Waals surface area (Å²) in [4.78, 5) is 28.1. The van der Waals surface area contributed by atoms with Crippen molar-refractivity contribution in [1.29, 1.82) is 0 Å². The van der Waals surface area contributed by atoms with E-state index in [0.29, 0.717) is 23.5 Å². The second-order valence-electron chi connectivity index (χ2n) is 6.69. The maximum absolute atomic E-state index is 12.4. The number of nitrogens with zero attached hydrogens (tertiary/aromatic N) is 1. The molecule has 0 saturated heterocycles. The van der Waals surface area contributed by atoms with E-state index in [4.69, 9.17) is 4.74 Å². The molecule has 1 heterocycles. The van der Waals surface area contributed by atoms with Crippen molar-refractivity contribution >= 4 is 34.5 Å². The maximum atomic E-state index is 12.4. The highest BCUT2D eigenvalue weighted by Crippen LogP contribution is 2.17. The number of hydrogen-bond donors (Lipinski definition) is 2. The van der Waals surface area contributed by atoms with E-state index in [9.17, 15) is 9.59 Å². The Hall–Kier alpha value is -3.16. The lowest BCUT2D eigenvalue weighted by molar-refractivity contribution is -0.117. The zero-order chi connectivity index (χ0) is 21.3. The lowest BCUT2D eigenvalue weighted by Gasteiger charge is -2.19. The van der Waals surface area contributed by atoms with Crippen LogP contribution in [0.3, 0.4) is 0 Å². The number of thiophene rings is 1. The Kier molecular flexibility index (Phi) is 7.59. The molecule has 30 heavy (non-hydrogen) atoms. The number of methoxy groups -OCH3 is 1. The molecule has 2 N–H and O–H groups in total. The zero-order valence-corrected chi connectivity index (χ0v) is 17.9. The van der Waals surface area contributed by atoms with Crippen molar-refractivity contribution in [2.45, 2.75) is 13.5 Å². The van der Waals surface area contributed by atoms with E-state index in [1.807, 2.05) is 18.4 Å². The van der Waals surface area contributed by atoms with Crippen molar-refractivity contribution in [1.82, 2.24) is 4.90 Å². The molecule has 0 saturated carbocycles. The van der Waals surface area contributed by atoms with Crippen LogP contribution in [0.1, 0.15) is 22.2 Å². The summed E-state index contributed by atoms with van der Waals surface area (Å²) >= 11 is 1.69. The Morgan fingerprint density at radius 1 is 0.967 bits per heavy atom. The molecule has 2 aromatic carbocycles. The van der Waals surface area contributed by atoms with Crippen molar-refractivity contribution in [2.24, 2.45) is 0 Å². The minimum absolute atomic E-state index is 0.0798. The smallest absolute Gasteiger partial charge is 0.255 e. The summed E-state index contributed by atoms with van der Waals surface area (Å²) in [6.07, 6.45) is 0. The molecule has 0 aliphatic heterocycles. The van der Waals surface area contributed by atoms with Crippen LogP contribution in [-0.2, 0) is 11.3 Å². The predicted molar refractivity (Wildman–Crippen MR) is 121 cm³/mol. The third-order valence-electron chi connectivity index (χ3n) is 4.55. The average molecular weight is 424 g/mol. The number of nitrogens with one attached hydrogen (secondary N) is 2. The van der Waals surface area contributed by atoms with E-state index in [0.717, 1.165) is 18.8 Å². The molecule has 0 radical (unpaired) electrons. The monoisotopic (exact) mass is 423 g/mol. The number of carbonyl (C=O) groups is 2. The van der Waals surface area contributed by atoms with E-state index < -0.39 is 0 Å². The maximum Gasteiger partial charge on any atom is 0.255 e. The second kappa shape index (κ2) is 10.6. The molecule has 0 atom stereocenters. The Labute approximate surface area is 180 Å². The average Bonchev–Trinajstić information content (AvgIpc) is 3.27. The van der Waals surface area contributed by atoms with E-state index in [1.54, 1.807) is 67.0 Å². The fourth-order valence-electron chi connectivity index (χ4n) is 2.89. The van der Waals surface area contributed by atoms with Crippen molar-refractivity contribution in [3.63, 3.8) is 0 Å². The van der Waals surface area contributed by atoms with E-state index in [2.05, 4.69) is 21.6 Å². The summed E-state index contributed by atoms with van der Waals surface area (Å²) < 4.78 is 5.11. The molecule has 0 spiro atoms. The molecule has 6 nitrogen and oxygen atoms in total. The number of anilines is 2. The Morgan fingerprint density at radius 3 is 2.23 bits per heavy atom. The first-order chi connectivity index (χ1) is 14.6. The number of hydrogen-bond acceptors (Lipinski definition) is 5. The summed E-state index contributed by atoms with van der Waals surface area (Å²) in [5.74, 6) is 0.431. The van der Waals surface area contributed by atoms with Gasteiger partial charge in [0, 0.05) is 28.4 Å². The van der Waals surface area contributed by atoms with Gasteiger partial charge in [0.05, 0.1) is 13.7 Å². The molecule has 0 fully saturated rings. The second-order valence-corrected chi connectivity index (χ2v) is 7.72. The lowest BCUT2D eigenvalue weighted by Crippen LogP contribution is -2.32. The lowest BCUT2D eigenvalue weighted by atomic mass is 10.2. The third-order valence-corrected chi connectivity index (χ3v) is 5.41. The first-order valence-electron chi connectivity index (χ1n) is 9.67. The van der Waals surface area contributed by atoms with Gasteiger partial charge in [-0.25, -0.2) is 0 Å². The normalized spacial score (nSPS) is 10.6. The first kappa shape index (κ1) is 21.5. The number of rotatable bonds is 9. The van der Waals surface area contributed by atoms with Gasteiger partial charge in [-0.1, -0.05) is 13.0 Å². The number of ether oxygens (including phenoxy) is 1. The highest BCUT2D eigenvalue weighted by atomic mass is 32.1. The number of amides is 2. The standard InChI is InChI=1S/C23H25N3O3S/c1-3-26(15-21-5-4-14-30-21)16-22(27)24-18-8-6-17(7-9-18)23(28)25-19-10-12-20(29-2)13-11-19/h4-14H,3,15-16H2,1-2H3,(H,24,27)(H,25,28). The van der Waals surface area contributed by atoms with Gasteiger partial charge in [-0.2, -0.15) is 0 Å². The van der Waals surface area contributed by atoms with Crippen LogP contribution in [0, 0.1) is 0 Å². The highest BCUT2D eigenvalue weighted by molar-refractivity contribution is 7.09. The van der Waals surface area contributed by atoms with Crippen molar-refractivity contribution in [3.05, 3.63) is 76.5 Å². The molecular weight excluding hydrogens is 398 g/mol. The fraction of sp³-hybridized carbons (Fsp3) is 0.217. The Balaban J connectivity index is 1.52. The molecule has 0 bridgehead atoms. The van der Waals surface area contributed by atoms with Crippen molar-refractivity contribution in [3.8, 4) is 5.75 Å². The van der Waals surface area contributed by atoms with Crippen LogP contribution < -0.4 is 15.4 Å². The summed E-state index contributed by atoms with van der Waals surface area (Å²) in [5, 5.41) is 7.77. The largest absolute Gasteiger partial charge is 0.497 e. The summed E-state index contributed by atoms with van der Waals surface area (Å²) in [6, 6.07) is 18.1. The van der Waals surface area contributed by atoms with Crippen LogP contribution >= 0.6 is 11.3 Å². The molecule has 0 unspecified atom stereocenters. The molecule has 1 aromatic heterocycles. The van der Waals surface area contributed by atoms with Gasteiger partial charge in [-0.3, -0.25) is 14.5 Å². The van der Waals surface area contributed by atoms with Crippen molar-refractivity contribution in [2.75, 3.05) is 30.8 Å². The van der Waals surface area contributed by atoms with Gasteiger partial charge in [-0.15, -0.1) is 11.3 Å².